The van der Waals surface area contributed by atoms with Crippen LogP contribution in [-0.2, 0) is 0 Å². The highest BCUT2D eigenvalue weighted by Gasteiger charge is 2.11. The third kappa shape index (κ3) is 3.18. The van der Waals surface area contributed by atoms with E-state index in [0.29, 0.717) is 11.6 Å². The average molecular weight is 298 g/mol. The number of fused-ring (bicyclic) bond motifs is 1. The molecule has 2 nitrogen and oxygen atoms in total. The molecule has 21 heavy (non-hydrogen) atoms. The second-order valence-electron chi connectivity index (χ2n) is 4.90. The van der Waals surface area contributed by atoms with E-state index in [-0.39, 0.29) is 6.10 Å². The van der Waals surface area contributed by atoms with Crippen LogP contribution in [-0.4, -0.2) is 6.54 Å². The number of ether oxygens (including phenoxy) is 1. The molecule has 0 saturated carbocycles. The van der Waals surface area contributed by atoms with Crippen molar-refractivity contribution in [2.45, 2.75) is 6.10 Å². The van der Waals surface area contributed by atoms with Gasteiger partial charge in [-0.1, -0.05) is 54.1 Å². The first-order valence-electron chi connectivity index (χ1n) is 6.87. The first-order chi connectivity index (χ1) is 10.3. The molecular formula is C18H16ClNO. The summed E-state index contributed by atoms with van der Waals surface area (Å²) in [4.78, 5) is 0. The van der Waals surface area contributed by atoms with Gasteiger partial charge in [0.15, 0.2) is 0 Å². The summed E-state index contributed by atoms with van der Waals surface area (Å²) in [5.74, 6) is 0.819. The number of rotatable bonds is 4. The largest absolute Gasteiger partial charge is 0.484 e. The molecule has 0 bridgehead atoms. The molecule has 0 spiro atoms. The Labute approximate surface area is 129 Å². The summed E-state index contributed by atoms with van der Waals surface area (Å²) in [6, 6.07) is 21.9. The average Bonchev–Trinajstić information content (AvgIpc) is 2.53. The lowest BCUT2D eigenvalue weighted by molar-refractivity contribution is 0.214. The summed E-state index contributed by atoms with van der Waals surface area (Å²) >= 11 is 5.91. The summed E-state index contributed by atoms with van der Waals surface area (Å²) in [7, 11) is 0. The van der Waals surface area contributed by atoms with Crippen LogP contribution in [0.25, 0.3) is 10.8 Å². The molecule has 0 amide bonds. The lowest BCUT2D eigenvalue weighted by Crippen LogP contribution is -2.18. The van der Waals surface area contributed by atoms with E-state index in [9.17, 15) is 0 Å². The lowest BCUT2D eigenvalue weighted by Gasteiger charge is -2.18. The van der Waals surface area contributed by atoms with E-state index in [1.807, 2.05) is 48.5 Å². The van der Waals surface area contributed by atoms with E-state index in [4.69, 9.17) is 22.1 Å². The van der Waals surface area contributed by atoms with E-state index in [1.165, 1.54) is 5.39 Å². The van der Waals surface area contributed by atoms with Gasteiger partial charge in [0.25, 0.3) is 0 Å². The van der Waals surface area contributed by atoms with Gasteiger partial charge in [0.1, 0.15) is 11.9 Å². The van der Waals surface area contributed by atoms with Crippen LogP contribution in [0.5, 0.6) is 5.75 Å². The van der Waals surface area contributed by atoms with Gasteiger partial charge >= 0.3 is 0 Å². The van der Waals surface area contributed by atoms with Crippen molar-refractivity contribution in [2.75, 3.05) is 6.54 Å². The van der Waals surface area contributed by atoms with Gasteiger partial charge in [-0.2, -0.15) is 0 Å². The number of hydrogen-bond acceptors (Lipinski definition) is 2. The Morgan fingerprint density at radius 2 is 1.62 bits per heavy atom. The van der Waals surface area contributed by atoms with E-state index in [0.717, 1.165) is 16.7 Å². The molecule has 0 heterocycles. The topological polar surface area (TPSA) is 35.2 Å². The van der Waals surface area contributed by atoms with Crippen molar-refractivity contribution in [1.82, 2.24) is 0 Å². The molecular weight excluding hydrogens is 282 g/mol. The van der Waals surface area contributed by atoms with Crippen LogP contribution < -0.4 is 10.5 Å². The van der Waals surface area contributed by atoms with Crippen molar-refractivity contribution in [3.63, 3.8) is 0 Å². The second-order valence-corrected chi connectivity index (χ2v) is 5.34. The molecule has 3 aromatic rings. The first-order valence-corrected chi connectivity index (χ1v) is 7.25. The minimum absolute atomic E-state index is 0.177. The Morgan fingerprint density at radius 3 is 2.33 bits per heavy atom. The van der Waals surface area contributed by atoms with Crippen LogP contribution in [0.2, 0.25) is 5.02 Å². The SMILES string of the molecule is NCC(Oc1ccc2ccccc2c1)c1ccc(Cl)cc1. The van der Waals surface area contributed by atoms with Crippen molar-refractivity contribution in [3.8, 4) is 5.75 Å². The zero-order chi connectivity index (χ0) is 14.7. The van der Waals surface area contributed by atoms with Crippen molar-refractivity contribution >= 4 is 22.4 Å². The van der Waals surface area contributed by atoms with Crippen LogP contribution in [0.1, 0.15) is 11.7 Å². The molecule has 2 N–H and O–H groups in total. The third-order valence-corrected chi connectivity index (χ3v) is 3.71. The van der Waals surface area contributed by atoms with Gasteiger partial charge < -0.3 is 10.5 Å². The molecule has 0 saturated heterocycles. The van der Waals surface area contributed by atoms with Crippen LogP contribution in [0.4, 0.5) is 0 Å². The molecule has 0 aromatic heterocycles. The fraction of sp³-hybridized carbons (Fsp3) is 0.111. The smallest absolute Gasteiger partial charge is 0.136 e. The predicted octanol–water partition coefficient (Wildman–Crippen LogP) is 4.57. The van der Waals surface area contributed by atoms with Crippen molar-refractivity contribution < 1.29 is 4.74 Å². The van der Waals surface area contributed by atoms with E-state index >= 15 is 0 Å². The summed E-state index contributed by atoms with van der Waals surface area (Å²) < 4.78 is 6.03. The van der Waals surface area contributed by atoms with Gasteiger partial charge in [-0.15, -0.1) is 0 Å². The maximum atomic E-state index is 6.03. The van der Waals surface area contributed by atoms with Crippen LogP contribution in [0.15, 0.2) is 66.7 Å². The molecule has 3 rings (SSSR count). The molecule has 3 heteroatoms. The maximum Gasteiger partial charge on any atom is 0.136 e. The van der Waals surface area contributed by atoms with Crippen molar-refractivity contribution in [1.29, 1.82) is 0 Å². The molecule has 0 radical (unpaired) electrons. The number of nitrogens with two attached hydrogens (primary N) is 1. The molecule has 0 aliphatic carbocycles. The number of hydrogen-bond donors (Lipinski definition) is 1. The summed E-state index contributed by atoms with van der Waals surface area (Å²) in [6.45, 7) is 0.411. The third-order valence-electron chi connectivity index (χ3n) is 3.46. The van der Waals surface area contributed by atoms with E-state index < -0.39 is 0 Å². The van der Waals surface area contributed by atoms with Crippen molar-refractivity contribution in [2.24, 2.45) is 5.73 Å². The van der Waals surface area contributed by atoms with Crippen LogP contribution in [0.3, 0.4) is 0 Å². The molecule has 0 aliphatic rings. The van der Waals surface area contributed by atoms with Gasteiger partial charge in [0.05, 0.1) is 0 Å². The molecule has 1 atom stereocenters. The highest BCUT2D eigenvalue weighted by atomic mass is 35.5. The number of benzene rings is 3. The first kappa shape index (κ1) is 13.9. The Morgan fingerprint density at radius 1 is 0.905 bits per heavy atom. The highest BCUT2D eigenvalue weighted by Crippen LogP contribution is 2.26. The molecule has 3 aromatic carbocycles. The molecule has 0 fully saturated rings. The minimum Gasteiger partial charge on any atom is -0.484 e. The van der Waals surface area contributed by atoms with Gasteiger partial charge in [0, 0.05) is 11.6 Å². The Bertz CT molecular complexity index is 740. The van der Waals surface area contributed by atoms with Gasteiger partial charge in [-0.25, -0.2) is 0 Å². The quantitative estimate of drug-likeness (QED) is 0.765. The lowest BCUT2D eigenvalue weighted by atomic mass is 10.1. The van der Waals surface area contributed by atoms with Gasteiger partial charge in [-0.05, 0) is 40.6 Å². The summed E-state index contributed by atoms with van der Waals surface area (Å²) in [6.07, 6.45) is -0.177. The monoisotopic (exact) mass is 297 g/mol. The fourth-order valence-electron chi connectivity index (χ4n) is 2.33. The molecule has 106 valence electrons. The number of halogens is 1. The minimum atomic E-state index is -0.177. The Hall–Kier alpha value is -2.03. The zero-order valence-corrected chi connectivity index (χ0v) is 12.3. The zero-order valence-electron chi connectivity index (χ0n) is 11.5. The standard InChI is InChI=1S/C18H16ClNO/c19-16-8-5-14(6-9-16)18(12-20)21-17-10-7-13-3-1-2-4-15(13)11-17/h1-11,18H,12,20H2. The van der Waals surface area contributed by atoms with E-state index in [1.54, 1.807) is 0 Å². The van der Waals surface area contributed by atoms with E-state index in [2.05, 4.69) is 18.2 Å². The van der Waals surface area contributed by atoms with Crippen LogP contribution in [0, 0.1) is 0 Å². The summed E-state index contributed by atoms with van der Waals surface area (Å²) in [5, 5.41) is 3.06. The second kappa shape index (κ2) is 6.17. The fourth-order valence-corrected chi connectivity index (χ4v) is 2.46. The normalized spacial score (nSPS) is 12.3. The maximum absolute atomic E-state index is 6.03. The Kier molecular flexibility index (Phi) is 4.09. The predicted molar refractivity (Wildman–Crippen MR) is 87.8 cm³/mol. The highest BCUT2D eigenvalue weighted by molar-refractivity contribution is 6.30. The molecule has 0 aliphatic heterocycles. The summed E-state index contributed by atoms with van der Waals surface area (Å²) in [5.41, 5.74) is 6.87. The van der Waals surface area contributed by atoms with Gasteiger partial charge in [-0.3, -0.25) is 0 Å². The van der Waals surface area contributed by atoms with Crippen molar-refractivity contribution in [3.05, 3.63) is 77.3 Å². The molecule has 1 unspecified atom stereocenters. The Balaban J connectivity index is 1.86. The van der Waals surface area contributed by atoms with Gasteiger partial charge in [0.2, 0.25) is 0 Å². The van der Waals surface area contributed by atoms with Crippen LogP contribution >= 0.6 is 11.6 Å².